The van der Waals surface area contributed by atoms with Crippen molar-refractivity contribution in [2.75, 3.05) is 26.3 Å². The Kier molecular flexibility index (Phi) is 4.01. The van der Waals surface area contributed by atoms with Crippen molar-refractivity contribution >= 4 is 11.6 Å². The Morgan fingerprint density at radius 1 is 1.38 bits per heavy atom. The highest BCUT2D eigenvalue weighted by molar-refractivity contribution is 6.30. The Morgan fingerprint density at radius 2 is 2.10 bits per heavy atom. The van der Waals surface area contributed by atoms with Crippen LogP contribution in [0.1, 0.15) is 38.8 Å². The third kappa shape index (κ3) is 2.83. The zero-order valence-corrected chi connectivity index (χ0v) is 13.6. The van der Waals surface area contributed by atoms with Crippen LogP contribution in [0.25, 0.3) is 0 Å². The van der Waals surface area contributed by atoms with Crippen molar-refractivity contribution in [1.82, 2.24) is 14.7 Å². The molecular weight excluding hydrogens is 293 g/mol. The van der Waals surface area contributed by atoms with Gasteiger partial charge in [-0.2, -0.15) is 5.10 Å². The van der Waals surface area contributed by atoms with E-state index in [-0.39, 0.29) is 11.5 Å². The summed E-state index contributed by atoms with van der Waals surface area (Å²) in [6.45, 7) is 9.05. The lowest BCUT2D eigenvalue weighted by atomic mass is 9.89. The third-order valence-corrected chi connectivity index (χ3v) is 4.91. The van der Waals surface area contributed by atoms with E-state index in [1.807, 2.05) is 0 Å². The molecule has 2 unspecified atom stereocenters. The van der Waals surface area contributed by atoms with Crippen LogP contribution in [0.15, 0.2) is 6.20 Å². The Balaban J connectivity index is 1.74. The molecular formula is C15H23ClFN3O. The van der Waals surface area contributed by atoms with Crippen LogP contribution in [0.2, 0.25) is 5.15 Å². The van der Waals surface area contributed by atoms with E-state index in [1.54, 1.807) is 10.9 Å². The van der Waals surface area contributed by atoms with Crippen LogP contribution in [-0.2, 0) is 10.2 Å². The zero-order valence-electron chi connectivity index (χ0n) is 12.9. The number of alkyl halides is 1. The molecule has 0 radical (unpaired) electrons. The molecule has 21 heavy (non-hydrogen) atoms. The molecule has 0 spiro atoms. The van der Waals surface area contributed by atoms with E-state index in [4.69, 9.17) is 16.3 Å². The van der Waals surface area contributed by atoms with Gasteiger partial charge in [0.1, 0.15) is 11.3 Å². The molecule has 2 fully saturated rings. The molecule has 2 saturated heterocycles. The maximum atomic E-state index is 14.6. The van der Waals surface area contributed by atoms with E-state index in [0.717, 1.165) is 31.7 Å². The van der Waals surface area contributed by atoms with Gasteiger partial charge in [0.15, 0.2) is 0 Å². The minimum Gasteiger partial charge on any atom is -0.378 e. The number of hydrogen-bond donors (Lipinski definition) is 0. The van der Waals surface area contributed by atoms with E-state index < -0.39 is 6.17 Å². The van der Waals surface area contributed by atoms with E-state index in [1.165, 1.54) is 0 Å². The first kappa shape index (κ1) is 15.3. The molecule has 0 amide bonds. The predicted molar refractivity (Wildman–Crippen MR) is 80.7 cm³/mol. The van der Waals surface area contributed by atoms with Gasteiger partial charge < -0.3 is 4.74 Å². The standard InChI is InChI=1S/C15H23ClFN3O/c1-15(2,3)11-6-18-20(14(11)16)13-4-5-19(7-12(13)17)10-8-21-9-10/h6,10,12-13H,4-5,7-9H2,1-3H3. The Hall–Kier alpha value is -0.650. The maximum Gasteiger partial charge on any atom is 0.135 e. The number of ether oxygens (including phenoxy) is 1. The van der Waals surface area contributed by atoms with E-state index in [9.17, 15) is 4.39 Å². The number of aromatic nitrogens is 2. The molecule has 0 aromatic carbocycles. The average molecular weight is 316 g/mol. The summed E-state index contributed by atoms with van der Waals surface area (Å²) in [5, 5.41) is 4.94. The predicted octanol–water partition coefficient (Wildman–Crippen LogP) is 2.82. The number of rotatable bonds is 2. The smallest absolute Gasteiger partial charge is 0.135 e. The van der Waals surface area contributed by atoms with Crippen molar-refractivity contribution in [1.29, 1.82) is 0 Å². The fourth-order valence-electron chi connectivity index (χ4n) is 3.04. The first-order valence-electron chi connectivity index (χ1n) is 7.57. The van der Waals surface area contributed by atoms with Crippen LogP contribution in [0.5, 0.6) is 0 Å². The molecule has 1 aromatic heterocycles. The molecule has 118 valence electrons. The van der Waals surface area contributed by atoms with Gasteiger partial charge in [0.2, 0.25) is 0 Å². The largest absolute Gasteiger partial charge is 0.378 e. The average Bonchev–Trinajstić information content (AvgIpc) is 2.69. The fourth-order valence-corrected chi connectivity index (χ4v) is 3.54. The lowest BCUT2D eigenvalue weighted by molar-refractivity contribution is -0.0847. The van der Waals surface area contributed by atoms with Crippen LogP contribution in [0, 0.1) is 0 Å². The minimum atomic E-state index is -0.940. The summed E-state index contributed by atoms with van der Waals surface area (Å²) in [5.41, 5.74) is 0.900. The van der Waals surface area contributed by atoms with Crippen LogP contribution in [0.4, 0.5) is 4.39 Å². The number of hydrogen-bond acceptors (Lipinski definition) is 3. The number of nitrogens with zero attached hydrogens (tertiary/aromatic N) is 3. The zero-order chi connectivity index (χ0) is 15.2. The topological polar surface area (TPSA) is 30.3 Å². The second-order valence-corrected chi connectivity index (χ2v) is 7.46. The van der Waals surface area contributed by atoms with E-state index in [2.05, 4.69) is 30.8 Å². The van der Waals surface area contributed by atoms with Gasteiger partial charge in [-0.05, 0) is 11.8 Å². The summed E-state index contributed by atoms with van der Waals surface area (Å²) in [5.74, 6) is 0. The lowest BCUT2D eigenvalue weighted by Gasteiger charge is -2.42. The molecule has 2 atom stereocenters. The second kappa shape index (κ2) is 5.52. The summed E-state index contributed by atoms with van der Waals surface area (Å²) in [4.78, 5) is 2.19. The first-order valence-corrected chi connectivity index (χ1v) is 7.95. The minimum absolute atomic E-state index is 0.0783. The maximum absolute atomic E-state index is 14.6. The van der Waals surface area contributed by atoms with Crippen LogP contribution >= 0.6 is 11.6 Å². The lowest BCUT2D eigenvalue weighted by Crippen LogP contribution is -2.55. The Bertz CT molecular complexity index is 510. The van der Waals surface area contributed by atoms with Gasteiger partial charge in [-0.3, -0.25) is 4.90 Å². The Morgan fingerprint density at radius 3 is 2.57 bits per heavy atom. The SMILES string of the molecule is CC(C)(C)c1cnn(C2CCN(C3COC3)CC2F)c1Cl. The number of likely N-dealkylation sites (tertiary alicyclic amines) is 1. The molecule has 2 aliphatic heterocycles. The molecule has 6 heteroatoms. The van der Waals surface area contributed by atoms with Crippen molar-refractivity contribution in [3.8, 4) is 0 Å². The first-order chi connectivity index (χ1) is 9.88. The van der Waals surface area contributed by atoms with Gasteiger partial charge in [-0.25, -0.2) is 9.07 Å². The van der Waals surface area contributed by atoms with Gasteiger partial charge in [0.05, 0.1) is 31.5 Å². The van der Waals surface area contributed by atoms with Gasteiger partial charge in [-0.1, -0.05) is 32.4 Å². The Labute approximate surface area is 130 Å². The van der Waals surface area contributed by atoms with Crippen molar-refractivity contribution in [2.45, 2.75) is 50.9 Å². The molecule has 0 saturated carbocycles. The molecule has 0 N–H and O–H groups in total. The van der Waals surface area contributed by atoms with Crippen LogP contribution < -0.4 is 0 Å². The molecule has 3 heterocycles. The van der Waals surface area contributed by atoms with E-state index >= 15 is 0 Å². The van der Waals surface area contributed by atoms with Crippen molar-refractivity contribution in [3.63, 3.8) is 0 Å². The van der Waals surface area contributed by atoms with Crippen molar-refractivity contribution in [3.05, 3.63) is 16.9 Å². The molecule has 1 aromatic rings. The molecule has 0 aliphatic carbocycles. The highest BCUT2D eigenvalue weighted by Gasteiger charge is 2.37. The number of piperidine rings is 1. The monoisotopic (exact) mass is 315 g/mol. The summed E-state index contributed by atoms with van der Waals surface area (Å²) in [6.07, 6.45) is 1.58. The summed E-state index contributed by atoms with van der Waals surface area (Å²) < 4.78 is 21.5. The molecule has 3 rings (SSSR count). The molecule has 4 nitrogen and oxygen atoms in total. The van der Waals surface area contributed by atoms with Gasteiger partial charge in [0.25, 0.3) is 0 Å². The quantitative estimate of drug-likeness (QED) is 0.840. The van der Waals surface area contributed by atoms with E-state index in [0.29, 0.717) is 17.7 Å². The molecule has 2 aliphatic rings. The fraction of sp³-hybridized carbons (Fsp3) is 0.800. The van der Waals surface area contributed by atoms with Gasteiger partial charge in [-0.15, -0.1) is 0 Å². The normalized spacial score (nSPS) is 28.6. The van der Waals surface area contributed by atoms with Crippen molar-refractivity contribution in [2.24, 2.45) is 0 Å². The summed E-state index contributed by atoms with van der Waals surface area (Å²) >= 11 is 6.45. The number of halogens is 2. The van der Waals surface area contributed by atoms with Crippen LogP contribution in [0.3, 0.4) is 0 Å². The van der Waals surface area contributed by atoms with Gasteiger partial charge in [0, 0.05) is 18.7 Å². The van der Waals surface area contributed by atoms with Crippen molar-refractivity contribution < 1.29 is 9.13 Å². The molecule has 0 bridgehead atoms. The highest BCUT2D eigenvalue weighted by Crippen LogP contribution is 2.35. The summed E-state index contributed by atoms with van der Waals surface area (Å²) in [7, 11) is 0. The second-order valence-electron chi connectivity index (χ2n) is 7.10. The van der Waals surface area contributed by atoms with Crippen LogP contribution in [-0.4, -0.2) is 53.2 Å². The third-order valence-electron chi connectivity index (χ3n) is 4.53. The summed E-state index contributed by atoms with van der Waals surface area (Å²) in [6, 6.07) is 0.133. The highest BCUT2D eigenvalue weighted by atomic mass is 35.5. The van der Waals surface area contributed by atoms with Gasteiger partial charge >= 0.3 is 0 Å².